The van der Waals surface area contributed by atoms with E-state index in [2.05, 4.69) is 10.3 Å². The number of aliphatic hydroxyl groups is 2. The highest BCUT2D eigenvalue weighted by molar-refractivity contribution is 6.29. The molecule has 0 spiro atoms. The van der Waals surface area contributed by atoms with Crippen LogP contribution in [0.3, 0.4) is 0 Å². The molecule has 1 aromatic rings. The summed E-state index contributed by atoms with van der Waals surface area (Å²) in [5.41, 5.74) is 6.00. The number of anilines is 2. The number of nitrogens with zero attached hydrogens (tertiary/aromatic N) is 1. The number of nitrogen functional groups attached to an aromatic ring is 1. The minimum atomic E-state index is -0.458. The van der Waals surface area contributed by atoms with Gasteiger partial charge in [0.2, 0.25) is 0 Å². The van der Waals surface area contributed by atoms with Crippen LogP contribution in [-0.4, -0.2) is 34.5 Å². The van der Waals surface area contributed by atoms with Gasteiger partial charge in [0.05, 0.1) is 19.3 Å². The number of aromatic nitrogens is 1. The molecule has 0 bridgehead atoms. The van der Waals surface area contributed by atoms with Gasteiger partial charge in [0, 0.05) is 11.8 Å². The van der Waals surface area contributed by atoms with Gasteiger partial charge >= 0.3 is 0 Å². The second kappa shape index (κ2) is 4.99. The van der Waals surface area contributed by atoms with Crippen LogP contribution in [0.4, 0.5) is 11.5 Å². The molecule has 0 aliphatic carbocycles. The topological polar surface area (TPSA) is 91.4 Å². The third kappa shape index (κ3) is 3.02. The molecule has 0 aliphatic rings. The van der Waals surface area contributed by atoms with Gasteiger partial charge in [0.25, 0.3) is 0 Å². The molecule has 0 fully saturated rings. The van der Waals surface area contributed by atoms with Crippen molar-refractivity contribution in [2.24, 2.45) is 0 Å². The normalized spacial score (nSPS) is 10.6. The molecule has 0 saturated heterocycles. The van der Waals surface area contributed by atoms with E-state index in [-0.39, 0.29) is 18.4 Å². The van der Waals surface area contributed by atoms with Crippen LogP contribution in [0.2, 0.25) is 5.15 Å². The number of nitrogens with two attached hydrogens (primary N) is 1. The maximum atomic E-state index is 8.81. The molecule has 1 rings (SSSR count). The van der Waals surface area contributed by atoms with Crippen LogP contribution in [-0.2, 0) is 0 Å². The summed E-state index contributed by atoms with van der Waals surface area (Å²) in [5.74, 6) is 0.433. The molecule has 0 aliphatic heterocycles. The zero-order valence-corrected chi connectivity index (χ0v) is 8.20. The van der Waals surface area contributed by atoms with Crippen molar-refractivity contribution in [1.82, 2.24) is 4.98 Å². The first-order chi connectivity index (χ1) is 6.65. The fourth-order valence-electron chi connectivity index (χ4n) is 0.949. The smallest absolute Gasteiger partial charge is 0.133 e. The molecule has 14 heavy (non-hydrogen) atoms. The van der Waals surface area contributed by atoms with Crippen molar-refractivity contribution in [2.45, 2.75) is 6.04 Å². The van der Waals surface area contributed by atoms with Gasteiger partial charge in [-0.3, -0.25) is 0 Å². The Morgan fingerprint density at radius 3 is 2.57 bits per heavy atom. The van der Waals surface area contributed by atoms with Crippen LogP contribution in [0, 0.1) is 0 Å². The van der Waals surface area contributed by atoms with E-state index in [4.69, 9.17) is 27.5 Å². The van der Waals surface area contributed by atoms with E-state index in [0.29, 0.717) is 11.5 Å². The Morgan fingerprint density at radius 2 is 2.07 bits per heavy atom. The molecule has 0 radical (unpaired) electrons. The van der Waals surface area contributed by atoms with E-state index in [1.54, 1.807) is 6.07 Å². The molecule has 0 atom stereocenters. The summed E-state index contributed by atoms with van der Waals surface area (Å²) in [7, 11) is 0. The summed E-state index contributed by atoms with van der Waals surface area (Å²) in [4.78, 5) is 3.92. The Kier molecular flexibility index (Phi) is 3.94. The van der Waals surface area contributed by atoms with Crippen LogP contribution >= 0.6 is 11.6 Å². The summed E-state index contributed by atoms with van der Waals surface area (Å²) >= 11 is 5.66. The van der Waals surface area contributed by atoms with Gasteiger partial charge in [0.15, 0.2) is 0 Å². The summed E-state index contributed by atoms with van der Waals surface area (Å²) in [6, 6.07) is 2.63. The lowest BCUT2D eigenvalue weighted by Crippen LogP contribution is -2.28. The second-order valence-corrected chi connectivity index (χ2v) is 3.20. The highest BCUT2D eigenvalue weighted by Crippen LogP contribution is 2.16. The predicted molar refractivity (Wildman–Crippen MR) is 55.2 cm³/mol. The van der Waals surface area contributed by atoms with E-state index in [1.165, 1.54) is 6.07 Å². The van der Waals surface area contributed by atoms with Crippen molar-refractivity contribution < 1.29 is 10.2 Å². The Hall–Kier alpha value is -1.04. The first kappa shape index (κ1) is 11.0. The lowest BCUT2D eigenvalue weighted by atomic mass is 10.3. The van der Waals surface area contributed by atoms with Gasteiger partial charge in [-0.25, -0.2) is 4.98 Å². The molecular weight excluding hydrogens is 206 g/mol. The molecule has 0 aromatic carbocycles. The standard InChI is InChI=1S/C8H12ClN3O2/c9-7-1-5(10)2-8(12-7)11-6(3-13)4-14/h1-2,6,13-14H,3-4H2,(H3,10,11,12). The molecule has 5 N–H and O–H groups in total. The number of pyridine rings is 1. The van der Waals surface area contributed by atoms with Crippen molar-refractivity contribution in [2.75, 3.05) is 24.3 Å². The Balaban J connectivity index is 2.75. The minimum Gasteiger partial charge on any atom is -0.399 e. The monoisotopic (exact) mass is 217 g/mol. The van der Waals surface area contributed by atoms with Crippen molar-refractivity contribution >= 4 is 23.1 Å². The number of hydrogen-bond donors (Lipinski definition) is 4. The molecular formula is C8H12ClN3O2. The van der Waals surface area contributed by atoms with Crippen LogP contribution in [0.1, 0.15) is 0 Å². The van der Waals surface area contributed by atoms with Crippen LogP contribution in [0.25, 0.3) is 0 Å². The Labute approximate surface area is 86.5 Å². The average molecular weight is 218 g/mol. The van der Waals surface area contributed by atoms with Gasteiger partial charge < -0.3 is 21.3 Å². The zero-order valence-electron chi connectivity index (χ0n) is 7.44. The minimum absolute atomic E-state index is 0.190. The molecule has 1 heterocycles. The SMILES string of the molecule is Nc1cc(Cl)nc(NC(CO)CO)c1. The van der Waals surface area contributed by atoms with E-state index in [0.717, 1.165) is 0 Å². The van der Waals surface area contributed by atoms with Gasteiger partial charge in [-0.2, -0.15) is 0 Å². The molecule has 0 saturated carbocycles. The van der Waals surface area contributed by atoms with E-state index in [9.17, 15) is 0 Å². The van der Waals surface area contributed by atoms with Gasteiger partial charge in [-0.1, -0.05) is 11.6 Å². The summed E-state index contributed by atoms with van der Waals surface area (Å²) in [6.07, 6.45) is 0. The average Bonchev–Trinajstić information content (AvgIpc) is 2.12. The Bertz CT molecular complexity index is 284. The van der Waals surface area contributed by atoms with E-state index in [1.807, 2.05) is 0 Å². The number of rotatable bonds is 4. The fraction of sp³-hybridized carbons (Fsp3) is 0.375. The Morgan fingerprint density at radius 1 is 1.43 bits per heavy atom. The number of hydrogen-bond acceptors (Lipinski definition) is 5. The fourth-order valence-corrected chi connectivity index (χ4v) is 1.17. The maximum Gasteiger partial charge on any atom is 0.133 e. The summed E-state index contributed by atoms with van der Waals surface area (Å²) in [6.45, 7) is -0.380. The lowest BCUT2D eigenvalue weighted by Gasteiger charge is -2.14. The molecule has 78 valence electrons. The second-order valence-electron chi connectivity index (χ2n) is 2.81. The first-order valence-corrected chi connectivity index (χ1v) is 4.45. The number of aliphatic hydroxyl groups excluding tert-OH is 2. The van der Waals surface area contributed by atoms with Crippen LogP contribution < -0.4 is 11.1 Å². The van der Waals surface area contributed by atoms with Gasteiger partial charge in [-0.15, -0.1) is 0 Å². The molecule has 0 unspecified atom stereocenters. The first-order valence-electron chi connectivity index (χ1n) is 4.07. The molecule has 5 nitrogen and oxygen atoms in total. The third-order valence-electron chi connectivity index (χ3n) is 1.61. The van der Waals surface area contributed by atoms with Crippen LogP contribution in [0.15, 0.2) is 12.1 Å². The van der Waals surface area contributed by atoms with Crippen molar-refractivity contribution in [3.8, 4) is 0 Å². The highest BCUT2D eigenvalue weighted by atomic mass is 35.5. The van der Waals surface area contributed by atoms with Crippen LogP contribution in [0.5, 0.6) is 0 Å². The molecule has 0 amide bonds. The zero-order chi connectivity index (χ0) is 10.6. The lowest BCUT2D eigenvalue weighted by molar-refractivity contribution is 0.203. The summed E-state index contributed by atoms with van der Waals surface area (Å²) in [5, 5.41) is 20.7. The largest absolute Gasteiger partial charge is 0.399 e. The van der Waals surface area contributed by atoms with Gasteiger partial charge in [-0.05, 0) is 6.07 Å². The molecule has 1 aromatic heterocycles. The van der Waals surface area contributed by atoms with E-state index < -0.39 is 6.04 Å². The highest BCUT2D eigenvalue weighted by Gasteiger charge is 2.06. The van der Waals surface area contributed by atoms with Crippen molar-refractivity contribution in [3.05, 3.63) is 17.3 Å². The molecule has 6 heteroatoms. The van der Waals surface area contributed by atoms with E-state index >= 15 is 0 Å². The maximum absolute atomic E-state index is 8.81. The number of halogens is 1. The quantitative estimate of drug-likeness (QED) is 0.537. The summed E-state index contributed by atoms with van der Waals surface area (Å²) < 4.78 is 0. The van der Waals surface area contributed by atoms with Gasteiger partial charge in [0.1, 0.15) is 11.0 Å². The predicted octanol–water partition coefficient (Wildman–Crippen LogP) is 0.0823. The van der Waals surface area contributed by atoms with Crippen molar-refractivity contribution in [1.29, 1.82) is 0 Å². The third-order valence-corrected chi connectivity index (χ3v) is 1.80. The van der Waals surface area contributed by atoms with Crippen molar-refractivity contribution in [3.63, 3.8) is 0 Å². The number of nitrogens with one attached hydrogen (secondary N) is 1.